The van der Waals surface area contributed by atoms with E-state index in [2.05, 4.69) is 91.8 Å². The first kappa shape index (κ1) is 20.7. The fourth-order valence-corrected chi connectivity index (χ4v) is 4.09. The number of rotatable bonds is 5. The average Bonchev–Trinajstić information content (AvgIpc) is 2.68. The van der Waals surface area contributed by atoms with Crippen LogP contribution in [0.1, 0.15) is 63.6 Å². The van der Waals surface area contributed by atoms with Crippen molar-refractivity contribution in [1.82, 2.24) is 5.32 Å². The monoisotopic (exact) mass is 395 g/mol. The zero-order valence-corrected chi connectivity index (χ0v) is 18.4. The Morgan fingerprint density at radius 1 is 1.00 bits per heavy atom. The van der Waals surface area contributed by atoms with Crippen LogP contribution in [-0.2, 0) is 0 Å². The Morgan fingerprint density at radius 2 is 1.64 bits per heavy atom. The largest absolute Gasteiger partial charge is 0.371 e. The first-order valence-electron chi connectivity index (χ1n) is 10.4. The lowest BCUT2D eigenvalue weighted by Gasteiger charge is -2.33. The summed E-state index contributed by atoms with van der Waals surface area (Å²) in [6.07, 6.45) is 2.64. The number of piperidine rings is 1. The zero-order valence-electron chi connectivity index (χ0n) is 17.5. The van der Waals surface area contributed by atoms with E-state index in [9.17, 15) is 0 Å². The van der Waals surface area contributed by atoms with Crippen molar-refractivity contribution in [2.24, 2.45) is 5.92 Å². The van der Waals surface area contributed by atoms with Crippen molar-refractivity contribution in [3.63, 3.8) is 0 Å². The van der Waals surface area contributed by atoms with Crippen LogP contribution < -0.4 is 15.5 Å². The molecule has 0 bridgehead atoms. The Kier molecular flexibility index (Phi) is 6.95. The van der Waals surface area contributed by atoms with E-state index in [4.69, 9.17) is 12.2 Å². The van der Waals surface area contributed by atoms with Gasteiger partial charge in [-0.2, -0.15) is 0 Å². The smallest absolute Gasteiger partial charge is 0.171 e. The highest BCUT2D eigenvalue weighted by molar-refractivity contribution is 7.80. The van der Waals surface area contributed by atoms with E-state index in [0.29, 0.717) is 11.0 Å². The summed E-state index contributed by atoms with van der Waals surface area (Å²) in [6.45, 7) is 11.2. The van der Waals surface area contributed by atoms with Gasteiger partial charge in [0.25, 0.3) is 0 Å². The van der Waals surface area contributed by atoms with Crippen LogP contribution in [-0.4, -0.2) is 18.2 Å². The molecule has 0 amide bonds. The van der Waals surface area contributed by atoms with E-state index in [1.807, 2.05) is 0 Å². The Morgan fingerprint density at radius 3 is 2.25 bits per heavy atom. The van der Waals surface area contributed by atoms with Gasteiger partial charge in [0.2, 0.25) is 0 Å². The second kappa shape index (κ2) is 9.42. The summed E-state index contributed by atoms with van der Waals surface area (Å²) in [5.74, 6) is 1.32. The quantitative estimate of drug-likeness (QED) is 0.599. The van der Waals surface area contributed by atoms with Crippen LogP contribution in [0.2, 0.25) is 0 Å². The van der Waals surface area contributed by atoms with Crippen LogP contribution in [0.4, 0.5) is 11.4 Å². The van der Waals surface area contributed by atoms with Gasteiger partial charge in [0.1, 0.15) is 0 Å². The molecule has 3 nitrogen and oxygen atoms in total. The molecule has 2 aromatic rings. The van der Waals surface area contributed by atoms with Crippen molar-refractivity contribution >= 4 is 28.7 Å². The summed E-state index contributed by atoms with van der Waals surface area (Å²) in [5, 5.41) is 7.34. The molecule has 2 atom stereocenters. The third-order valence-electron chi connectivity index (χ3n) is 5.60. The van der Waals surface area contributed by atoms with Crippen LogP contribution in [0.5, 0.6) is 0 Å². The van der Waals surface area contributed by atoms with Crippen LogP contribution in [0.15, 0.2) is 48.5 Å². The first-order valence-corrected chi connectivity index (χ1v) is 10.9. The van der Waals surface area contributed by atoms with Gasteiger partial charge in [-0.05, 0) is 79.2 Å². The summed E-state index contributed by atoms with van der Waals surface area (Å²) < 4.78 is 0. The molecule has 1 saturated heterocycles. The van der Waals surface area contributed by atoms with Crippen molar-refractivity contribution in [1.29, 1.82) is 0 Å². The molecule has 0 unspecified atom stereocenters. The van der Waals surface area contributed by atoms with E-state index in [0.717, 1.165) is 18.2 Å². The molecule has 0 radical (unpaired) electrons. The predicted molar refractivity (Wildman–Crippen MR) is 125 cm³/mol. The van der Waals surface area contributed by atoms with Gasteiger partial charge in [-0.15, -0.1) is 0 Å². The van der Waals surface area contributed by atoms with Gasteiger partial charge >= 0.3 is 0 Å². The van der Waals surface area contributed by atoms with Crippen LogP contribution in [0, 0.1) is 5.92 Å². The van der Waals surface area contributed by atoms with Gasteiger partial charge < -0.3 is 15.5 Å². The van der Waals surface area contributed by atoms with Crippen molar-refractivity contribution in [3.05, 3.63) is 59.7 Å². The van der Waals surface area contributed by atoms with Crippen molar-refractivity contribution in [2.45, 2.75) is 52.5 Å². The molecule has 0 spiro atoms. The maximum atomic E-state index is 5.51. The number of thiocarbonyl (C=S) groups is 1. The SMILES string of the molecule is CC(C)c1ccc(NC(=S)N[C@@H](C)c2ccc(N3CCC[C@H](C)C3)cc2)cc1. The summed E-state index contributed by atoms with van der Waals surface area (Å²) in [6, 6.07) is 17.5. The minimum absolute atomic E-state index is 0.157. The average molecular weight is 396 g/mol. The van der Waals surface area contributed by atoms with Gasteiger partial charge in [-0.1, -0.05) is 45.0 Å². The lowest BCUT2D eigenvalue weighted by atomic mass is 9.99. The minimum atomic E-state index is 0.157. The van der Waals surface area contributed by atoms with Gasteiger partial charge in [-0.3, -0.25) is 0 Å². The molecule has 2 N–H and O–H groups in total. The number of nitrogens with zero attached hydrogens (tertiary/aromatic N) is 1. The topological polar surface area (TPSA) is 27.3 Å². The van der Waals surface area contributed by atoms with Crippen molar-refractivity contribution in [3.8, 4) is 0 Å². The molecule has 1 aliphatic rings. The van der Waals surface area contributed by atoms with Crippen LogP contribution in [0.3, 0.4) is 0 Å². The molecule has 150 valence electrons. The van der Waals surface area contributed by atoms with Crippen molar-refractivity contribution in [2.75, 3.05) is 23.3 Å². The van der Waals surface area contributed by atoms with E-state index >= 15 is 0 Å². The van der Waals surface area contributed by atoms with E-state index in [-0.39, 0.29) is 6.04 Å². The second-order valence-electron chi connectivity index (χ2n) is 8.38. The van der Waals surface area contributed by atoms with Gasteiger partial charge in [-0.25, -0.2) is 0 Å². The lowest BCUT2D eigenvalue weighted by molar-refractivity contribution is 0.447. The molecule has 0 aliphatic carbocycles. The fourth-order valence-electron chi connectivity index (χ4n) is 3.80. The number of hydrogen-bond acceptors (Lipinski definition) is 2. The van der Waals surface area contributed by atoms with Crippen molar-refractivity contribution < 1.29 is 0 Å². The third kappa shape index (κ3) is 5.48. The zero-order chi connectivity index (χ0) is 20.1. The first-order chi connectivity index (χ1) is 13.4. The lowest BCUT2D eigenvalue weighted by Crippen LogP contribution is -2.34. The Bertz CT molecular complexity index is 767. The fraction of sp³-hybridized carbons (Fsp3) is 0.458. The maximum Gasteiger partial charge on any atom is 0.171 e. The summed E-state index contributed by atoms with van der Waals surface area (Å²) in [5.41, 5.74) is 4.92. The molecule has 3 rings (SSSR count). The third-order valence-corrected chi connectivity index (χ3v) is 5.82. The molecule has 28 heavy (non-hydrogen) atoms. The molecular weight excluding hydrogens is 362 g/mol. The molecule has 0 saturated carbocycles. The molecule has 4 heteroatoms. The molecule has 1 fully saturated rings. The van der Waals surface area contributed by atoms with Gasteiger partial charge in [0.05, 0.1) is 6.04 Å². The molecule has 1 aliphatic heterocycles. The van der Waals surface area contributed by atoms with Gasteiger partial charge in [0.15, 0.2) is 5.11 Å². The Balaban J connectivity index is 1.54. The van der Waals surface area contributed by atoms with E-state index in [1.54, 1.807) is 0 Å². The van der Waals surface area contributed by atoms with Gasteiger partial charge in [0, 0.05) is 24.5 Å². The molecule has 1 heterocycles. The van der Waals surface area contributed by atoms with Crippen LogP contribution >= 0.6 is 12.2 Å². The number of anilines is 2. The maximum absolute atomic E-state index is 5.51. The summed E-state index contributed by atoms with van der Waals surface area (Å²) >= 11 is 5.51. The Labute approximate surface area is 175 Å². The normalized spacial score (nSPS) is 18.0. The van der Waals surface area contributed by atoms with Crippen LogP contribution in [0.25, 0.3) is 0 Å². The Hall–Kier alpha value is -2.07. The highest BCUT2D eigenvalue weighted by Crippen LogP contribution is 2.25. The number of nitrogens with one attached hydrogen (secondary N) is 2. The highest BCUT2D eigenvalue weighted by Gasteiger charge is 2.17. The minimum Gasteiger partial charge on any atom is -0.371 e. The molecule has 2 aromatic carbocycles. The summed E-state index contributed by atoms with van der Waals surface area (Å²) in [4.78, 5) is 2.50. The summed E-state index contributed by atoms with van der Waals surface area (Å²) in [7, 11) is 0. The number of benzene rings is 2. The predicted octanol–water partition coefficient (Wildman–Crippen LogP) is 6.09. The van der Waals surface area contributed by atoms with E-state index in [1.165, 1.54) is 36.2 Å². The molecular formula is C24H33N3S. The highest BCUT2D eigenvalue weighted by atomic mass is 32.1. The number of hydrogen-bond donors (Lipinski definition) is 2. The standard InChI is InChI=1S/C24H33N3S/c1-17(2)20-7-11-22(12-8-20)26-24(28)25-19(4)21-9-13-23(14-10-21)27-15-5-6-18(3)16-27/h7-14,17-19H,5-6,15-16H2,1-4H3,(H2,25,26,28)/t18-,19-/m0/s1. The second-order valence-corrected chi connectivity index (χ2v) is 8.79. The van der Waals surface area contributed by atoms with E-state index < -0.39 is 0 Å². The molecule has 0 aromatic heterocycles.